The van der Waals surface area contributed by atoms with Gasteiger partial charge in [0.1, 0.15) is 5.82 Å². The Morgan fingerprint density at radius 1 is 1.27 bits per heavy atom. The van der Waals surface area contributed by atoms with Gasteiger partial charge in [0.25, 0.3) is 0 Å². The highest BCUT2D eigenvalue weighted by Crippen LogP contribution is 2.37. The molecule has 30 heavy (non-hydrogen) atoms. The fraction of sp³-hybridized carbons (Fsp3) is 0.429. The molecule has 6 nitrogen and oxygen atoms in total. The van der Waals surface area contributed by atoms with E-state index in [1.165, 1.54) is 12.3 Å². The van der Waals surface area contributed by atoms with Crippen LogP contribution >= 0.6 is 0 Å². The van der Waals surface area contributed by atoms with Gasteiger partial charge in [0.05, 0.1) is 17.5 Å². The van der Waals surface area contributed by atoms with Gasteiger partial charge in [-0.05, 0) is 49.6 Å². The second-order valence-electron chi connectivity index (χ2n) is 7.50. The zero-order valence-corrected chi connectivity index (χ0v) is 16.4. The number of fused-ring (bicyclic) bond motifs is 1. The quantitative estimate of drug-likeness (QED) is 0.811. The van der Waals surface area contributed by atoms with Crippen LogP contribution in [-0.4, -0.2) is 30.8 Å². The molecule has 1 aromatic heterocycles. The highest BCUT2D eigenvalue weighted by atomic mass is 19.4. The van der Waals surface area contributed by atoms with E-state index >= 15 is 0 Å². The van der Waals surface area contributed by atoms with Gasteiger partial charge in [-0.1, -0.05) is 6.07 Å². The molecule has 4 rings (SSSR count). The molecule has 2 atom stereocenters. The number of carbonyl (C=O) groups excluding carboxylic acids is 1. The van der Waals surface area contributed by atoms with E-state index in [4.69, 9.17) is 9.47 Å². The first kappa shape index (κ1) is 20.3. The number of nitrogens with zero attached hydrogens (tertiary/aromatic N) is 2. The summed E-state index contributed by atoms with van der Waals surface area (Å²) in [5.41, 5.74) is 0.0872. The van der Waals surface area contributed by atoms with Gasteiger partial charge in [-0.2, -0.15) is 13.2 Å². The average molecular weight is 421 g/mol. The summed E-state index contributed by atoms with van der Waals surface area (Å²) < 4.78 is 50.7. The average Bonchev–Trinajstić information content (AvgIpc) is 3.21. The molecule has 1 fully saturated rings. The molecule has 0 spiro atoms. The van der Waals surface area contributed by atoms with Crippen LogP contribution in [0.5, 0.6) is 11.5 Å². The molecule has 2 unspecified atom stereocenters. The van der Waals surface area contributed by atoms with E-state index in [0.29, 0.717) is 30.9 Å². The Labute approximate surface area is 172 Å². The first-order valence-corrected chi connectivity index (χ1v) is 9.80. The third kappa shape index (κ3) is 4.15. The molecule has 9 heteroatoms. The van der Waals surface area contributed by atoms with Crippen molar-refractivity contribution in [3.05, 3.63) is 47.7 Å². The Bertz CT molecular complexity index is 935. The maximum absolute atomic E-state index is 13.3. The van der Waals surface area contributed by atoms with E-state index in [2.05, 4.69) is 10.3 Å². The molecule has 2 aliphatic rings. The minimum atomic E-state index is -4.49. The molecule has 1 saturated heterocycles. The smallest absolute Gasteiger partial charge is 0.419 e. The van der Waals surface area contributed by atoms with E-state index in [0.717, 1.165) is 11.6 Å². The summed E-state index contributed by atoms with van der Waals surface area (Å²) >= 11 is 0. The van der Waals surface area contributed by atoms with Crippen LogP contribution in [0.1, 0.15) is 36.9 Å². The number of hydrogen-bond acceptors (Lipinski definition) is 5. The van der Waals surface area contributed by atoms with Crippen molar-refractivity contribution < 1.29 is 27.4 Å². The van der Waals surface area contributed by atoms with Gasteiger partial charge in [0, 0.05) is 19.3 Å². The zero-order chi connectivity index (χ0) is 21.3. The van der Waals surface area contributed by atoms with Gasteiger partial charge < -0.3 is 19.7 Å². The van der Waals surface area contributed by atoms with Gasteiger partial charge >= 0.3 is 6.18 Å². The first-order chi connectivity index (χ1) is 14.3. The Morgan fingerprint density at radius 2 is 2.07 bits per heavy atom. The highest BCUT2D eigenvalue weighted by molar-refractivity contribution is 5.80. The summed E-state index contributed by atoms with van der Waals surface area (Å²) in [6.45, 7) is 2.66. The molecule has 1 aromatic carbocycles. The van der Waals surface area contributed by atoms with Crippen LogP contribution in [0.3, 0.4) is 0 Å². The van der Waals surface area contributed by atoms with Gasteiger partial charge in [-0.25, -0.2) is 4.98 Å². The molecule has 1 N–H and O–H groups in total. The molecule has 3 heterocycles. The summed E-state index contributed by atoms with van der Waals surface area (Å²) in [6, 6.07) is 7.49. The van der Waals surface area contributed by atoms with Gasteiger partial charge in [0.15, 0.2) is 11.5 Å². The number of alkyl halides is 3. The van der Waals surface area contributed by atoms with Crippen molar-refractivity contribution >= 4 is 11.7 Å². The standard InChI is InChI=1S/C21H22F3N3O3/c1-13(14-6-7-17-18(10-14)30-12-29-17)26-20(28)15-4-3-9-27(11-15)19-16(21(22,23)24)5-2-8-25-19/h2,5-8,10,13,15H,3-4,9,11-12H2,1H3,(H,26,28). The van der Waals surface area contributed by atoms with E-state index < -0.39 is 17.7 Å². The van der Waals surface area contributed by atoms with Gasteiger partial charge in [0.2, 0.25) is 12.7 Å². The van der Waals surface area contributed by atoms with Crippen LogP contribution in [0.25, 0.3) is 0 Å². The summed E-state index contributed by atoms with van der Waals surface area (Å²) in [5, 5.41) is 2.97. The van der Waals surface area contributed by atoms with E-state index in [1.54, 1.807) is 11.0 Å². The predicted octanol–water partition coefficient (Wildman–Crippen LogP) is 3.92. The van der Waals surface area contributed by atoms with Crippen LogP contribution < -0.4 is 19.7 Å². The van der Waals surface area contributed by atoms with Crippen LogP contribution in [0, 0.1) is 5.92 Å². The number of ether oxygens (including phenoxy) is 2. The first-order valence-electron chi connectivity index (χ1n) is 9.80. The lowest BCUT2D eigenvalue weighted by Gasteiger charge is -2.34. The molecular formula is C21H22F3N3O3. The monoisotopic (exact) mass is 421 g/mol. The Hall–Kier alpha value is -2.97. The minimum absolute atomic E-state index is 0.119. The van der Waals surface area contributed by atoms with Crippen molar-refractivity contribution in [2.75, 3.05) is 24.8 Å². The second-order valence-corrected chi connectivity index (χ2v) is 7.50. The number of benzene rings is 1. The number of nitrogens with one attached hydrogen (secondary N) is 1. The number of anilines is 1. The highest BCUT2D eigenvalue weighted by Gasteiger charge is 2.37. The third-order valence-electron chi connectivity index (χ3n) is 5.44. The van der Waals surface area contributed by atoms with Gasteiger partial charge in [-0.15, -0.1) is 0 Å². The molecule has 0 aliphatic carbocycles. The number of pyridine rings is 1. The number of amides is 1. The lowest BCUT2D eigenvalue weighted by molar-refractivity contribution is -0.137. The Kier molecular flexibility index (Phi) is 5.44. The molecule has 2 aliphatic heterocycles. The molecule has 0 radical (unpaired) electrons. The van der Waals surface area contributed by atoms with Crippen molar-refractivity contribution in [1.82, 2.24) is 10.3 Å². The van der Waals surface area contributed by atoms with Crippen LogP contribution in [0.15, 0.2) is 36.5 Å². The Morgan fingerprint density at radius 3 is 2.87 bits per heavy atom. The van der Waals surface area contributed by atoms with E-state index in [9.17, 15) is 18.0 Å². The fourth-order valence-electron chi connectivity index (χ4n) is 3.85. The SMILES string of the molecule is CC(NC(=O)C1CCCN(c2ncccc2C(F)(F)F)C1)c1ccc2c(c1)OCO2. The minimum Gasteiger partial charge on any atom is -0.454 e. The summed E-state index contributed by atoms with van der Waals surface area (Å²) in [7, 11) is 0. The number of hydrogen-bond donors (Lipinski definition) is 1. The van der Waals surface area contributed by atoms with E-state index in [1.807, 2.05) is 19.1 Å². The normalized spacial score (nSPS) is 19.5. The van der Waals surface area contributed by atoms with Gasteiger partial charge in [-0.3, -0.25) is 4.79 Å². The van der Waals surface area contributed by atoms with Crippen molar-refractivity contribution in [3.8, 4) is 11.5 Å². The van der Waals surface area contributed by atoms with Crippen LogP contribution in [0.2, 0.25) is 0 Å². The summed E-state index contributed by atoms with van der Waals surface area (Å²) in [4.78, 5) is 18.3. The van der Waals surface area contributed by atoms with Crippen LogP contribution in [-0.2, 0) is 11.0 Å². The summed E-state index contributed by atoms with van der Waals surface area (Å²) in [6.07, 6.45) is -1.92. The maximum atomic E-state index is 13.3. The topological polar surface area (TPSA) is 63.7 Å². The van der Waals surface area contributed by atoms with E-state index in [-0.39, 0.29) is 31.1 Å². The number of piperidine rings is 1. The molecular weight excluding hydrogens is 399 g/mol. The third-order valence-corrected chi connectivity index (χ3v) is 5.44. The number of halogens is 3. The number of aromatic nitrogens is 1. The fourth-order valence-corrected chi connectivity index (χ4v) is 3.85. The number of rotatable bonds is 4. The second kappa shape index (κ2) is 8.04. The lowest BCUT2D eigenvalue weighted by Crippen LogP contribution is -2.44. The maximum Gasteiger partial charge on any atom is 0.419 e. The Balaban J connectivity index is 1.44. The predicted molar refractivity (Wildman–Crippen MR) is 103 cm³/mol. The van der Waals surface area contributed by atoms with Crippen LogP contribution in [0.4, 0.5) is 19.0 Å². The van der Waals surface area contributed by atoms with Crippen molar-refractivity contribution in [1.29, 1.82) is 0 Å². The molecule has 0 bridgehead atoms. The van der Waals surface area contributed by atoms with Crippen molar-refractivity contribution in [2.24, 2.45) is 5.92 Å². The lowest BCUT2D eigenvalue weighted by atomic mass is 9.96. The number of carbonyl (C=O) groups is 1. The molecule has 1 amide bonds. The van der Waals surface area contributed by atoms with Crippen molar-refractivity contribution in [3.63, 3.8) is 0 Å². The molecule has 2 aromatic rings. The summed E-state index contributed by atoms with van der Waals surface area (Å²) in [5.74, 6) is 0.572. The molecule has 160 valence electrons. The molecule has 0 saturated carbocycles. The van der Waals surface area contributed by atoms with Crippen molar-refractivity contribution in [2.45, 2.75) is 32.0 Å². The largest absolute Gasteiger partial charge is 0.454 e. The zero-order valence-electron chi connectivity index (χ0n) is 16.4.